The normalized spacial score (nSPS) is 17.2. The van der Waals surface area contributed by atoms with Crippen molar-refractivity contribution >= 4 is 49.3 Å². The molecule has 1 aromatic heterocycles. The van der Waals surface area contributed by atoms with Crippen LogP contribution in [0.2, 0.25) is 0 Å². The summed E-state index contributed by atoms with van der Waals surface area (Å²) in [6.45, 7) is 3.33. The summed E-state index contributed by atoms with van der Waals surface area (Å²) in [5.41, 5.74) is 0.771. The third-order valence-corrected chi connectivity index (χ3v) is 8.32. The Hall–Kier alpha value is -1.16. The fraction of sp³-hybridized carbons (Fsp3) is 0.529. The van der Waals surface area contributed by atoms with Crippen LogP contribution in [0.5, 0.6) is 0 Å². The number of thioether (sulfide) groups is 1. The number of aromatic nitrogens is 1. The highest BCUT2D eigenvalue weighted by Crippen LogP contribution is 2.38. The summed E-state index contributed by atoms with van der Waals surface area (Å²) in [6, 6.07) is 3.58. The van der Waals surface area contributed by atoms with Crippen molar-refractivity contribution in [3.63, 3.8) is 0 Å². The van der Waals surface area contributed by atoms with E-state index in [4.69, 9.17) is 0 Å². The molecule has 1 aliphatic carbocycles. The summed E-state index contributed by atoms with van der Waals surface area (Å²) < 4.78 is 29.2. The maximum atomic E-state index is 12.6. The Labute approximate surface area is 161 Å². The molecular weight excluding hydrogens is 392 g/mol. The number of sulfonamides is 1. The van der Waals surface area contributed by atoms with Crippen LogP contribution in [0, 0.1) is 5.92 Å². The summed E-state index contributed by atoms with van der Waals surface area (Å²) >= 11 is 3.26. The van der Waals surface area contributed by atoms with Crippen LogP contribution in [-0.2, 0) is 14.8 Å². The monoisotopic (exact) mass is 414 g/mol. The number of nitrogens with one attached hydrogen (secondary N) is 1. The van der Waals surface area contributed by atoms with Crippen LogP contribution in [0.4, 0.5) is 0 Å². The zero-order valence-electron chi connectivity index (χ0n) is 14.6. The molecule has 1 fully saturated rings. The van der Waals surface area contributed by atoms with E-state index in [9.17, 15) is 18.3 Å². The van der Waals surface area contributed by atoms with Crippen molar-refractivity contribution in [2.24, 2.45) is 5.92 Å². The van der Waals surface area contributed by atoms with E-state index in [1.165, 1.54) is 43.1 Å². The van der Waals surface area contributed by atoms with Gasteiger partial charge in [-0.25, -0.2) is 13.4 Å². The number of hydrogen-bond acceptors (Lipinski definition) is 6. The molecule has 0 amide bonds. The molecule has 26 heavy (non-hydrogen) atoms. The number of benzene rings is 1. The molecule has 1 atom stereocenters. The third-order valence-electron chi connectivity index (χ3n) is 4.44. The van der Waals surface area contributed by atoms with E-state index in [1.807, 2.05) is 0 Å². The van der Waals surface area contributed by atoms with Gasteiger partial charge in [0, 0.05) is 5.25 Å². The van der Waals surface area contributed by atoms with E-state index in [0.29, 0.717) is 5.25 Å². The van der Waals surface area contributed by atoms with Crippen molar-refractivity contribution in [1.82, 2.24) is 9.71 Å². The first kappa shape index (κ1) is 19.6. The Balaban J connectivity index is 1.84. The van der Waals surface area contributed by atoms with Gasteiger partial charge < -0.3 is 5.11 Å². The molecule has 142 valence electrons. The van der Waals surface area contributed by atoms with Crippen LogP contribution in [0.1, 0.15) is 39.5 Å². The van der Waals surface area contributed by atoms with Crippen LogP contribution in [0.3, 0.4) is 0 Å². The topological polar surface area (TPSA) is 96.4 Å². The van der Waals surface area contributed by atoms with Gasteiger partial charge in [-0.2, -0.15) is 4.72 Å². The first-order chi connectivity index (χ1) is 12.3. The maximum absolute atomic E-state index is 12.6. The Morgan fingerprint density at radius 2 is 2.04 bits per heavy atom. The Kier molecular flexibility index (Phi) is 5.91. The van der Waals surface area contributed by atoms with Gasteiger partial charge in [0.05, 0.1) is 15.1 Å². The van der Waals surface area contributed by atoms with Gasteiger partial charge in [-0.05, 0) is 37.0 Å². The van der Waals surface area contributed by atoms with Crippen molar-refractivity contribution < 1.29 is 18.3 Å². The molecule has 0 spiro atoms. The third kappa shape index (κ3) is 4.39. The number of carboxylic acid groups (broad SMARTS) is 1. The van der Waals surface area contributed by atoms with Gasteiger partial charge in [0.1, 0.15) is 6.04 Å². The van der Waals surface area contributed by atoms with Crippen molar-refractivity contribution in [2.45, 2.75) is 60.1 Å². The molecule has 2 N–H and O–H groups in total. The largest absolute Gasteiger partial charge is 0.480 e. The number of carbonyl (C=O) groups is 1. The van der Waals surface area contributed by atoms with Gasteiger partial charge in [-0.15, -0.1) is 11.3 Å². The molecule has 9 heteroatoms. The summed E-state index contributed by atoms with van der Waals surface area (Å²) in [4.78, 5) is 15.9. The lowest BCUT2D eigenvalue weighted by molar-refractivity contribution is -0.140. The lowest BCUT2D eigenvalue weighted by Crippen LogP contribution is -2.44. The minimum absolute atomic E-state index is 0.0676. The summed E-state index contributed by atoms with van der Waals surface area (Å²) in [5, 5.41) is 9.83. The lowest BCUT2D eigenvalue weighted by Gasteiger charge is -2.17. The number of rotatable bonds is 7. The highest BCUT2D eigenvalue weighted by atomic mass is 32.2. The number of fused-ring (bicyclic) bond motifs is 1. The molecule has 1 heterocycles. The van der Waals surface area contributed by atoms with Crippen molar-refractivity contribution in [3.05, 3.63) is 18.2 Å². The van der Waals surface area contributed by atoms with Crippen LogP contribution in [-0.4, -0.2) is 35.8 Å². The Morgan fingerprint density at radius 1 is 1.35 bits per heavy atom. The standard InChI is InChI=1S/C17H22N2O4S3/c1-10(2)15(16(20)21)19-26(22,23)12-7-8-13-14(9-12)25-17(18-13)24-11-5-3-4-6-11/h7-11,15,19H,3-6H2,1-2H3,(H,20,21)/t15-/m1/s1. The van der Waals surface area contributed by atoms with Crippen molar-refractivity contribution in [1.29, 1.82) is 0 Å². The van der Waals surface area contributed by atoms with E-state index >= 15 is 0 Å². The van der Waals surface area contributed by atoms with Crippen molar-refractivity contribution in [3.8, 4) is 0 Å². The quantitative estimate of drug-likeness (QED) is 0.717. The highest BCUT2D eigenvalue weighted by Gasteiger charge is 2.28. The average Bonchev–Trinajstić information content (AvgIpc) is 3.20. The molecule has 0 radical (unpaired) electrons. The highest BCUT2D eigenvalue weighted by molar-refractivity contribution is 8.01. The zero-order valence-corrected chi connectivity index (χ0v) is 17.1. The molecule has 2 aromatic rings. The Bertz CT molecular complexity index is 902. The molecule has 3 rings (SSSR count). The van der Waals surface area contributed by atoms with Crippen LogP contribution in [0.25, 0.3) is 10.2 Å². The Morgan fingerprint density at radius 3 is 2.65 bits per heavy atom. The molecular formula is C17H22N2O4S3. The van der Waals surface area contributed by atoms with E-state index in [1.54, 1.807) is 37.7 Å². The first-order valence-corrected chi connectivity index (χ1v) is 11.8. The number of thiazole rings is 1. The summed E-state index contributed by atoms with van der Waals surface area (Å²) in [6.07, 6.45) is 4.93. The molecule has 0 aliphatic heterocycles. The average molecular weight is 415 g/mol. The zero-order chi connectivity index (χ0) is 18.9. The minimum Gasteiger partial charge on any atom is -0.480 e. The fourth-order valence-corrected chi connectivity index (χ4v) is 7.01. The molecule has 0 bridgehead atoms. The van der Waals surface area contributed by atoms with E-state index in [0.717, 1.165) is 14.6 Å². The van der Waals surface area contributed by atoms with Gasteiger partial charge in [0.25, 0.3) is 0 Å². The minimum atomic E-state index is -3.91. The summed E-state index contributed by atoms with van der Waals surface area (Å²) in [5.74, 6) is -1.54. The van der Waals surface area contributed by atoms with Gasteiger partial charge in [-0.3, -0.25) is 4.79 Å². The second-order valence-electron chi connectivity index (χ2n) is 6.81. The fourth-order valence-electron chi connectivity index (χ4n) is 2.96. The van der Waals surface area contributed by atoms with Crippen LogP contribution in [0.15, 0.2) is 27.4 Å². The smallest absolute Gasteiger partial charge is 0.322 e. The molecule has 1 saturated carbocycles. The van der Waals surface area contributed by atoms with Gasteiger partial charge in [0.15, 0.2) is 4.34 Å². The molecule has 6 nitrogen and oxygen atoms in total. The van der Waals surface area contributed by atoms with Crippen molar-refractivity contribution in [2.75, 3.05) is 0 Å². The predicted molar refractivity (Wildman–Crippen MR) is 104 cm³/mol. The number of nitrogens with zero attached hydrogens (tertiary/aromatic N) is 1. The lowest BCUT2D eigenvalue weighted by atomic mass is 10.1. The van der Waals surface area contributed by atoms with E-state index in [-0.39, 0.29) is 10.8 Å². The molecule has 0 saturated heterocycles. The van der Waals surface area contributed by atoms with Gasteiger partial charge in [0.2, 0.25) is 10.0 Å². The molecule has 1 aromatic carbocycles. The molecule has 1 aliphatic rings. The maximum Gasteiger partial charge on any atom is 0.322 e. The second kappa shape index (κ2) is 7.84. The van der Waals surface area contributed by atoms with Gasteiger partial charge >= 0.3 is 5.97 Å². The first-order valence-electron chi connectivity index (χ1n) is 8.58. The van der Waals surface area contributed by atoms with Crippen LogP contribution < -0.4 is 4.72 Å². The molecule has 0 unspecified atom stereocenters. The summed E-state index contributed by atoms with van der Waals surface area (Å²) in [7, 11) is -3.91. The van der Waals surface area contributed by atoms with E-state index < -0.39 is 22.0 Å². The van der Waals surface area contributed by atoms with E-state index in [2.05, 4.69) is 9.71 Å². The SMILES string of the molecule is CC(C)[C@@H](NS(=O)(=O)c1ccc2nc(SC3CCCC3)sc2c1)C(=O)O. The number of aliphatic carboxylic acids is 1. The number of hydrogen-bond donors (Lipinski definition) is 2. The van der Waals surface area contributed by atoms with Gasteiger partial charge in [-0.1, -0.05) is 38.5 Å². The number of carboxylic acids is 1. The van der Waals surface area contributed by atoms with Crippen LogP contribution >= 0.6 is 23.1 Å². The predicted octanol–water partition coefficient (Wildman–Crippen LogP) is 3.72. The second-order valence-corrected chi connectivity index (χ2v) is 11.1.